The Hall–Kier alpha value is -12.0. The Morgan fingerprint density at radius 1 is 0.161 bits per heavy atom. The zero-order valence-electron chi connectivity index (χ0n) is 64.0. The molecule has 0 nitrogen and oxygen atoms in total. The third kappa shape index (κ3) is 11.9. The molecule has 14 aromatic carbocycles. The van der Waals surface area contributed by atoms with Crippen LogP contribution >= 0.6 is 0 Å². The first kappa shape index (κ1) is 67.0. The van der Waals surface area contributed by atoms with E-state index in [2.05, 4.69) is 303 Å². The van der Waals surface area contributed by atoms with Crippen LogP contribution in [-0.2, 0) is 109 Å². The van der Waals surface area contributed by atoms with Crippen molar-refractivity contribution in [2.24, 2.45) is 0 Å². The number of hydrogen-bond acceptors (Lipinski definition) is 0. The first-order chi connectivity index (χ1) is 55.5. The SMILES string of the molecule is C1=Cc2c(ccc3c2Cc2ccccc2-3)C1.C1=Cc2cc3c(cc2C1)-c1ccccc1C3.C1=Cc2cc3c(cc2C1)Cc1ccccc1-3.C1=Cc2ccc3c(c2C1)Cc1ccccc1-3.c1ccc2c(c1)Cc1c-2ccc2c1CCC2.c1ccc2c(c1)Cc1cc3c(cc1-2)CCC3.c1ccc2c(c1)Cc1ccc3c(c1-2)CCC3. The largest absolute Gasteiger partial charge is 0.0795 e. The molecule has 0 aromatic heterocycles. The van der Waals surface area contributed by atoms with Gasteiger partial charge in [0.1, 0.15) is 0 Å². The lowest BCUT2D eigenvalue weighted by atomic mass is 9.97. The van der Waals surface area contributed by atoms with Gasteiger partial charge < -0.3 is 0 Å². The van der Waals surface area contributed by atoms with Gasteiger partial charge in [-0.05, 0) is 374 Å². The minimum absolute atomic E-state index is 1.10. The fraction of sp³-hybridized carbons (Fsp3) is 0.179. The van der Waals surface area contributed by atoms with Crippen molar-refractivity contribution in [2.45, 2.75) is 128 Å². The smallest absolute Gasteiger partial charge is 0.000740 e. The molecule has 14 aliphatic carbocycles. The topological polar surface area (TPSA) is 0 Å². The van der Waals surface area contributed by atoms with Gasteiger partial charge in [-0.3, -0.25) is 0 Å². The molecule has 14 aliphatic rings. The summed E-state index contributed by atoms with van der Waals surface area (Å²) in [6, 6.07) is 94.6. The quantitative estimate of drug-likeness (QED) is 0.142. The van der Waals surface area contributed by atoms with Gasteiger partial charge in [0, 0.05) is 0 Å². The van der Waals surface area contributed by atoms with Crippen LogP contribution in [0.4, 0.5) is 0 Å². The van der Waals surface area contributed by atoms with Crippen LogP contribution in [-0.4, -0.2) is 0 Å². The highest BCUT2D eigenvalue weighted by atomic mass is 14.3. The molecule has 0 bridgehead atoms. The minimum Gasteiger partial charge on any atom is -0.0795 e. The highest BCUT2D eigenvalue weighted by Crippen LogP contribution is 2.48. The van der Waals surface area contributed by atoms with Gasteiger partial charge >= 0.3 is 0 Å². The predicted octanol–water partition coefficient (Wildman–Crippen LogP) is 26.5. The molecule has 0 saturated heterocycles. The minimum atomic E-state index is 1.10. The van der Waals surface area contributed by atoms with Crippen LogP contribution in [0.25, 0.3) is 102 Å². The molecule has 28 rings (SSSR count). The molecule has 0 amide bonds. The van der Waals surface area contributed by atoms with Crippen molar-refractivity contribution in [1.29, 1.82) is 0 Å². The molecule has 0 N–H and O–H groups in total. The summed E-state index contributed by atoms with van der Waals surface area (Å²) < 4.78 is 0. The predicted molar refractivity (Wildman–Crippen MR) is 470 cm³/mol. The van der Waals surface area contributed by atoms with Crippen LogP contribution in [0.3, 0.4) is 0 Å². The standard InChI is InChI=1S/C16H14.2C16H12.2C16H14.2C16H12/c3*1-2-7-15-13(4-1)9-14-8-11-5-3-6-12(11)10-16(14)15;1-2-6-15-12(4-1)10-13-9-8-11-5-3-7-14(11)16(13)15;3*1-2-6-14-12(4-1)10-16-13-7-3-5-11(13)8-9-15(14)16/h1-2,4,7-8,10H,3,5-6,9H2;1-4,6-8,10H,5,9H2;1-5,7-8,10H,6,9H2;2*1-2,4,6,8-9H,3,5,7,10H2;1-4,6-9H,5,10H2;1-6,8-9H,7,10H2. The summed E-state index contributed by atoms with van der Waals surface area (Å²) in [5.41, 5.74) is 63.2. The molecular weight excluding hydrogens is 1350 g/mol. The van der Waals surface area contributed by atoms with E-state index >= 15 is 0 Å². The summed E-state index contributed by atoms with van der Waals surface area (Å²) in [5.74, 6) is 0. The summed E-state index contributed by atoms with van der Waals surface area (Å²) in [7, 11) is 0. The second-order valence-electron chi connectivity index (χ2n) is 33.3. The van der Waals surface area contributed by atoms with E-state index in [-0.39, 0.29) is 0 Å². The fourth-order valence-electron chi connectivity index (χ4n) is 21.6. The molecule has 0 aliphatic heterocycles. The number of rotatable bonds is 0. The van der Waals surface area contributed by atoms with Crippen molar-refractivity contribution in [3.05, 3.63) is 435 Å². The molecule has 0 fully saturated rings. The normalized spacial score (nSPS) is 15.2. The second kappa shape index (κ2) is 28.1. The Morgan fingerprint density at radius 2 is 0.518 bits per heavy atom. The maximum Gasteiger partial charge on any atom is -0.000740 e. The third-order valence-electron chi connectivity index (χ3n) is 27.0. The molecule has 0 heterocycles. The Balaban J connectivity index is 0.0000000801. The van der Waals surface area contributed by atoms with Crippen molar-refractivity contribution >= 4 is 24.3 Å². The summed E-state index contributed by atoms with van der Waals surface area (Å²) in [4.78, 5) is 0. The average Bonchev–Trinajstić information content (AvgIpc) is 1.62. The number of hydrogen-bond donors (Lipinski definition) is 0. The molecule has 0 spiro atoms. The van der Waals surface area contributed by atoms with Gasteiger partial charge in [-0.15, -0.1) is 0 Å². The van der Waals surface area contributed by atoms with Crippen molar-refractivity contribution in [1.82, 2.24) is 0 Å². The third-order valence-corrected chi connectivity index (χ3v) is 27.0. The van der Waals surface area contributed by atoms with Crippen molar-refractivity contribution in [3.63, 3.8) is 0 Å². The lowest BCUT2D eigenvalue weighted by molar-refractivity contribution is 0.908. The Labute approximate surface area is 661 Å². The van der Waals surface area contributed by atoms with E-state index in [0.717, 1.165) is 70.6 Å². The molecule has 0 atom stereocenters. The van der Waals surface area contributed by atoms with Crippen molar-refractivity contribution in [3.8, 4) is 77.9 Å². The van der Waals surface area contributed by atoms with Gasteiger partial charge in [0.25, 0.3) is 0 Å². The van der Waals surface area contributed by atoms with Crippen LogP contribution in [0.15, 0.2) is 279 Å². The van der Waals surface area contributed by atoms with Gasteiger partial charge in [-0.2, -0.15) is 0 Å². The Kier molecular flexibility index (Phi) is 16.8. The van der Waals surface area contributed by atoms with Gasteiger partial charge in [-0.1, -0.05) is 291 Å². The van der Waals surface area contributed by atoms with E-state index in [0.29, 0.717) is 0 Å². The highest BCUT2D eigenvalue weighted by Gasteiger charge is 2.30. The average molecular weight is 1440 g/mol. The van der Waals surface area contributed by atoms with Gasteiger partial charge in [0.15, 0.2) is 0 Å². The second-order valence-corrected chi connectivity index (χ2v) is 33.3. The molecule has 112 heavy (non-hydrogen) atoms. The van der Waals surface area contributed by atoms with E-state index in [1.165, 1.54) is 225 Å². The Bertz CT molecular complexity index is 6260. The number of benzene rings is 14. The maximum absolute atomic E-state index is 2.46. The van der Waals surface area contributed by atoms with E-state index in [4.69, 9.17) is 0 Å². The van der Waals surface area contributed by atoms with Crippen LogP contribution in [0, 0.1) is 0 Å². The molecular formula is C112H90. The molecule has 0 radical (unpaired) electrons. The molecule has 0 unspecified atom stereocenters. The highest BCUT2D eigenvalue weighted by molar-refractivity contribution is 5.87. The lowest BCUT2D eigenvalue weighted by Crippen LogP contribution is -1.91. The van der Waals surface area contributed by atoms with Crippen LogP contribution in [0.5, 0.6) is 0 Å². The summed E-state index contributed by atoms with van der Waals surface area (Å²) >= 11 is 0. The number of fused-ring (bicyclic) bond motifs is 32. The lowest BCUT2D eigenvalue weighted by Gasteiger charge is -2.08. The van der Waals surface area contributed by atoms with E-state index in [1.807, 2.05) is 0 Å². The zero-order valence-corrected chi connectivity index (χ0v) is 64.0. The van der Waals surface area contributed by atoms with E-state index < -0.39 is 0 Å². The molecule has 0 heteroatoms. The number of aryl methyl sites for hydroxylation is 4. The van der Waals surface area contributed by atoms with Crippen molar-refractivity contribution < 1.29 is 0 Å². The zero-order chi connectivity index (χ0) is 73.7. The van der Waals surface area contributed by atoms with Gasteiger partial charge in [0.2, 0.25) is 0 Å². The first-order valence-corrected chi connectivity index (χ1v) is 41.8. The van der Waals surface area contributed by atoms with Crippen LogP contribution < -0.4 is 0 Å². The van der Waals surface area contributed by atoms with Gasteiger partial charge in [0.05, 0.1) is 0 Å². The fourth-order valence-corrected chi connectivity index (χ4v) is 21.6. The van der Waals surface area contributed by atoms with Gasteiger partial charge in [-0.25, -0.2) is 0 Å². The molecule has 538 valence electrons. The summed E-state index contributed by atoms with van der Waals surface area (Å²) in [6.07, 6.45) is 42.2. The van der Waals surface area contributed by atoms with Crippen LogP contribution in [0.2, 0.25) is 0 Å². The van der Waals surface area contributed by atoms with Crippen molar-refractivity contribution in [2.75, 3.05) is 0 Å². The van der Waals surface area contributed by atoms with Crippen LogP contribution in [0.1, 0.15) is 175 Å². The Morgan fingerprint density at radius 3 is 1.12 bits per heavy atom. The monoisotopic (exact) mass is 1430 g/mol. The van der Waals surface area contributed by atoms with E-state index in [1.54, 1.807) is 66.8 Å². The maximum atomic E-state index is 2.46. The molecule has 14 aromatic rings. The number of allylic oxidation sites excluding steroid dienone is 4. The molecule has 0 saturated carbocycles. The van der Waals surface area contributed by atoms with E-state index in [9.17, 15) is 0 Å². The summed E-state index contributed by atoms with van der Waals surface area (Å²) in [5, 5.41) is 0. The summed E-state index contributed by atoms with van der Waals surface area (Å²) in [6.45, 7) is 0. The first-order valence-electron chi connectivity index (χ1n) is 41.8.